The Balaban J connectivity index is 4.65. The fraction of sp³-hybridized carbons (Fsp3) is 0.750. The van der Waals surface area contributed by atoms with Crippen molar-refractivity contribution in [1.29, 1.82) is 0 Å². The van der Waals surface area contributed by atoms with Crippen LogP contribution in [0.5, 0.6) is 0 Å². The highest BCUT2D eigenvalue weighted by Gasteiger charge is 2.30. The molecule has 0 fully saturated rings. The summed E-state index contributed by atoms with van der Waals surface area (Å²) < 4.78 is 4.95. The van der Waals surface area contributed by atoms with Crippen molar-refractivity contribution in [3.63, 3.8) is 0 Å². The monoisotopic (exact) mass is 214 g/mol. The van der Waals surface area contributed by atoms with Gasteiger partial charge in [-0.1, -0.05) is 32.4 Å². The second-order valence-electron chi connectivity index (χ2n) is 4.98. The lowest BCUT2D eigenvalue weighted by molar-refractivity contribution is -0.151. The number of aliphatic hydroxyl groups excluding tert-OH is 1. The van der Waals surface area contributed by atoms with Gasteiger partial charge in [-0.2, -0.15) is 0 Å². The number of ether oxygens (including phenoxy) is 1. The number of hydrogen-bond acceptors (Lipinski definition) is 3. The summed E-state index contributed by atoms with van der Waals surface area (Å²) in [4.78, 5) is 11.7. The van der Waals surface area contributed by atoms with E-state index < -0.39 is 0 Å². The van der Waals surface area contributed by atoms with E-state index >= 15 is 0 Å². The van der Waals surface area contributed by atoms with Gasteiger partial charge in [0.2, 0.25) is 0 Å². The Hall–Kier alpha value is -0.830. The first-order valence-electron chi connectivity index (χ1n) is 5.21. The van der Waals surface area contributed by atoms with Crippen LogP contribution >= 0.6 is 0 Å². The van der Waals surface area contributed by atoms with Crippen LogP contribution in [0, 0.1) is 11.3 Å². The molecule has 0 amide bonds. The van der Waals surface area contributed by atoms with Crippen LogP contribution in [0.25, 0.3) is 0 Å². The largest absolute Gasteiger partial charge is 0.463 e. The molecule has 88 valence electrons. The third kappa shape index (κ3) is 5.57. The molecule has 0 radical (unpaired) electrons. The molecule has 3 nitrogen and oxygen atoms in total. The summed E-state index contributed by atoms with van der Waals surface area (Å²) >= 11 is 0. The average molecular weight is 214 g/mol. The van der Waals surface area contributed by atoms with E-state index in [1.807, 2.05) is 40.7 Å². The number of rotatable bonds is 4. The van der Waals surface area contributed by atoms with Gasteiger partial charge in [-0.05, 0) is 19.3 Å². The molecule has 15 heavy (non-hydrogen) atoms. The minimum absolute atomic E-state index is 0.0714. The van der Waals surface area contributed by atoms with E-state index in [-0.39, 0.29) is 30.5 Å². The van der Waals surface area contributed by atoms with E-state index in [0.29, 0.717) is 0 Å². The Bertz CT molecular complexity index is 232. The number of carbonyl (C=O) groups excluding carboxylic acids is 1. The Morgan fingerprint density at radius 2 is 1.93 bits per heavy atom. The van der Waals surface area contributed by atoms with Gasteiger partial charge < -0.3 is 9.84 Å². The van der Waals surface area contributed by atoms with Gasteiger partial charge in [0.05, 0.1) is 12.5 Å². The molecule has 0 saturated heterocycles. The van der Waals surface area contributed by atoms with Crippen LogP contribution in [0.15, 0.2) is 11.6 Å². The van der Waals surface area contributed by atoms with Gasteiger partial charge in [0.15, 0.2) is 0 Å². The summed E-state index contributed by atoms with van der Waals surface area (Å²) in [7, 11) is 0. The molecule has 0 rings (SSSR count). The predicted octanol–water partition coefficient (Wildman–Crippen LogP) is 2.15. The lowest BCUT2D eigenvalue weighted by atomic mass is 9.80. The minimum atomic E-state index is -0.266. The number of allylic oxidation sites excluding steroid dienone is 1. The number of esters is 1. The number of aliphatic hydroxyl groups is 1. The van der Waals surface area contributed by atoms with Gasteiger partial charge in [0.1, 0.15) is 6.61 Å². The normalized spacial score (nSPS) is 13.2. The molecule has 0 saturated carbocycles. The molecule has 0 spiro atoms. The van der Waals surface area contributed by atoms with Gasteiger partial charge >= 0.3 is 5.97 Å². The first kappa shape index (κ1) is 14.2. The maximum absolute atomic E-state index is 11.7. The smallest absolute Gasteiger partial charge is 0.313 e. The molecule has 0 aliphatic rings. The lowest BCUT2D eigenvalue weighted by Crippen LogP contribution is -2.29. The summed E-state index contributed by atoms with van der Waals surface area (Å²) in [5.41, 5.74) is 0.931. The third-order valence-electron chi connectivity index (χ3n) is 2.02. The van der Waals surface area contributed by atoms with Crippen molar-refractivity contribution in [2.24, 2.45) is 11.3 Å². The molecule has 0 aromatic carbocycles. The maximum Gasteiger partial charge on any atom is 0.313 e. The van der Waals surface area contributed by atoms with Crippen molar-refractivity contribution in [1.82, 2.24) is 0 Å². The van der Waals surface area contributed by atoms with E-state index in [4.69, 9.17) is 9.84 Å². The first-order valence-corrected chi connectivity index (χ1v) is 5.21. The summed E-state index contributed by atoms with van der Waals surface area (Å²) in [5, 5.41) is 8.59. The highest BCUT2D eigenvalue weighted by molar-refractivity contribution is 5.75. The van der Waals surface area contributed by atoms with Crippen LogP contribution in [0.4, 0.5) is 0 Å². The molecule has 0 aliphatic heterocycles. The van der Waals surface area contributed by atoms with Crippen LogP contribution < -0.4 is 0 Å². The fourth-order valence-electron chi connectivity index (χ4n) is 1.24. The van der Waals surface area contributed by atoms with Crippen molar-refractivity contribution in [2.45, 2.75) is 34.6 Å². The summed E-state index contributed by atoms with van der Waals surface area (Å²) in [6.07, 6.45) is 1.92. The Morgan fingerprint density at radius 1 is 1.40 bits per heavy atom. The van der Waals surface area contributed by atoms with Gasteiger partial charge in [0.25, 0.3) is 0 Å². The molecule has 1 unspecified atom stereocenters. The summed E-state index contributed by atoms with van der Waals surface area (Å²) in [5.74, 6) is -0.521. The molecule has 0 heterocycles. The van der Waals surface area contributed by atoms with Crippen molar-refractivity contribution in [2.75, 3.05) is 13.2 Å². The van der Waals surface area contributed by atoms with E-state index in [2.05, 4.69) is 0 Å². The van der Waals surface area contributed by atoms with Crippen LogP contribution in [-0.2, 0) is 9.53 Å². The van der Waals surface area contributed by atoms with Crippen LogP contribution in [0.2, 0.25) is 0 Å². The molecular formula is C12H22O3. The first-order chi connectivity index (χ1) is 6.79. The second kappa shape index (κ2) is 5.91. The highest BCUT2D eigenvalue weighted by Crippen LogP contribution is 2.29. The maximum atomic E-state index is 11.7. The van der Waals surface area contributed by atoms with E-state index in [9.17, 15) is 4.79 Å². The topological polar surface area (TPSA) is 46.5 Å². The van der Waals surface area contributed by atoms with Gasteiger partial charge in [-0.25, -0.2) is 0 Å². The second-order valence-corrected chi connectivity index (χ2v) is 4.98. The Morgan fingerprint density at radius 3 is 2.27 bits per heavy atom. The zero-order chi connectivity index (χ0) is 12.1. The van der Waals surface area contributed by atoms with Crippen molar-refractivity contribution in [3.05, 3.63) is 11.6 Å². The zero-order valence-electron chi connectivity index (χ0n) is 10.3. The van der Waals surface area contributed by atoms with E-state index in [0.717, 1.165) is 5.57 Å². The molecule has 3 heteroatoms. The van der Waals surface area contributed by atoms with E-state index in [1.165, 1.54) is 0 Å². The molecule has 0 aromatic heterocycles. The standard InChI is InChI=1S/C12H22O3/c1-9(2)8-10(12(3,4)5)11(14)15-7-6-13/h8,10,13H,6-7H2,1-5H3. The van der Waals surface area contributed by atoms with Gasteiger partial charge in [0, 0.05) is 0 Å². The summed E-state index contributed by atoms with van der Waals surface area (Å²) in [6, 6.07) is 0. The zero-order valence-corrected chi connectivity index (χ0v) is 10.3. The SMILES string of the molecule is CC(C)=CC(C(=O)OCCO)C(C)(C)C. The molecular weight excluding hydrogens is 192 g/mol. The Kier molecular flexibility index (Phi) is 5.58. The van der Waals surface area contributed by atoms with Gasteiger partial charge in [-0.3, -0.25) is 4.79 Å². The molecule has 0 bridgehead atoms. The average Bonchev–Trinajstić information content (AvgIpc) is 2.08. The van der Waals surface area contributed by atoms with Crippen molar-refractivity contribution < 1.29 is 14.6 Å². The molecule has 0 aromatic rings. The number of hydrogen-bond donors (Lipinski definition) is 1. The Labute approximate surface area is 92.1 Å². The predicted molar refractivity (Wildman–Crippen MR) is 60.4 cm³/mol. The molecule has 0 aliphatic carbocycles. The van der Waals surface area contributed by atoms with Crippen molar-refractivity contribution in [3.8, 4) is 0 Å². The van der Waals surface area contributed by atoms with Crippen LogP contribution in [0.1, 0.15) is 34.6 Å². The minimum Gasteiger partial charge on any atom is -0.463 e. The quantitative estimate of drug-likeness (QED) is 0.576. The number of carbonyl (C=O) groups is 1. The highest BCUT2D eigenvalue weighted by atomic mass is 16.5. The summed E-state index contributed by atoms with van der Waals surface area (Å²) in [6.45, 7) is 9.85. The third-order valence-corrected chi connectivity index (χ3v) is 2.02. The van der Waals surface area contributed by atoms with Crippen molar-refractivity contribution >= 4 is 5.97 Å². The lowest BCUT2D eigenvalue weighted by Gasteiger charge is -2.26. The van der Waals surface area contributed by atoms with E-state index in [1.54, 1.807) is 0 Å². The fourth-order valence-corrected chi connectivity index (χ4v) is 1.24. The molecule has 1 N–H and O–H groups in total. The van der Waals surface area contributed by atoms with Crippen LogP contribution in [-0.4, -0.2) is 24.3 Å². The molecule has 1 atom stereocenters. The van der Waals surface area contributed by atoms with Crippen LogP contribution in [0.3, 0.4) is 0 Å². The van der Waals surface area contributed by atoms with Gasteiger partial charge in [-0.15, -0.1) is 0 Å².